The average molecular weight is 1640 g/mol. The molecule has 3 aromatic carbocycles. The van der Waals surface area contributed by atoms with E-state index in [1.807, 2.05) is 35.3 Å². The molecular formula is C55H72IN6O32P5Si. The van der Waals surface area contributed by atoms with Gasteiger partial charge in [-0.15, -0.1) is 21.8 Å². The molecule has 3 aliphatic heterocycles. The van der Waals surface area contributed by atoms with Crippen LogP contribution in [0, 0.1) is 0 Å². The predicted octanol–water partition coefficient (Wildman–Crippen LogP) is 4.52. The maximum absolute atomic E-state index is 13.3. The first-order valence-electron chi connectivity index (χ1n) is 29.3. The van der Waals surface area contributed by atoms with Crippen LogP contribution in [0.4, 0.5) is 0 Å². The number of nitrogens with one attached hydrogen (secondary N) is 2. The smallest absolute Gasteiger partial charge is 0.454 e. The van der Waals surface area contributed by atoms with Crippen LogP contribution in [0.2, 0.25) is 19.6 Å². The summed E-state index contributed by atoms with van der Waals surface area (Å²) in [7, 11) is -23.6. The summed E-state index contributed by atoms with van der Waals surface area (Å²) in [5, 5.41) is 9.94. The van der Waals surface area contributed by atoms with E-state index in [0.29, 0.717) is 5.56 Å². The van der Waals surface area contributed by atoms with E-state index in [-0.39, 0.29) is 51.1 Å². The van der Waals surface area contributed by atoms with Gasteiger partial charge in [-0.25, -0.2) is 42.0 Å². The second-order valence-corrected chi connectivity index (χ2v) is 45.1. The topological polar surface area (TPSA) is 526 Å². The number of nitrogens with zero attached hydrogens (tertiary/aromatic N) is 4. The zero-order valence-electron chi connectivity index (χ0n) is 53.4. The molecule has 3 unspecified atom stereocenters. The van der Waals surface area contributed by atoms with Crippen LogP contribution in [0.5, 0.6) is 0 Å². The maximum Gasteiger partial charge on any atom is 0.488 e. The van der Waals surface area contributed by atoms with E-state index in [9.17, 15) is 71.2 Å². The summed E-state index contributed by atoms with van der Waals surface area (Å²) in [6.45, 7) is 10.3. The molecule has 45 heteroatoms. The number of aliphatic hydroxyl groups excluding tert-OH is 1. The highest BCUT2D eigenvalue weighted by Crippen LogP contribution is 2.66. The SMILES string of the molecule is CCOP(C)(=O)CO[C@@H]1C[C@H](OC(=O)c2ccccc2)[C@H](n2ccc(=O)n(COCc3ccccc3)c2=O)O1.C[Si](C)(C)I.O=C(O[C@H]1C[C@@H](OCP(=O)(O)O)O[C@H]1n1ccc(=O)[nH]c1=O)c1ccccc1.O=c1ccn([C@@H]2O[C@H](OCP(=O)(O)OP(=O)(O)OP(=O)(O)O)C[C@@H]2O)c(=O)[nH]1. The number of carbonyl (C=O) groups is 2. The van der Waals surface area contributed by atoms with Crippen molar-refractivity contribution in [3.05, 3.63) is 207 Å². The quantitative estimate of drug-likeness (QED) is 0.0118. The van der Waals surface area contributed by atoms with Gasteiger partial charge in [0, 0.05) is 62.7 Å². The summed E-state index contributed by atoms with van der Waals surface area (Å²) in [5.74, 6) is -1.29. The maximum atomic E-state index is 13.3. The van der Waals surface area contributed by atoms with Crippen molar-refractivity contribution in [2.45, 2.75) is 115 Å². The van der Waals surface area contributed by atoms with Crippen LogP contribution in [0.25, 0.3) is 0 Å². The molecule has 9 N–H and O–H groups in total. The van der Waals surface area contributed by atoms with Gasteiger partial charge in [0.2, 0.25) is 7.37 Å². The fourth-order valence-electron chi connectivity index (χ4n) is 8.81. The van der Waals surface area contributed by atoms with Crippen LogP contribution in [0.3, 0.4) is 0 Å². The number of ether oxygens (including phenoxy) is 9. The Morgan fingerprint density at radius 3 is 1.49 bits per heavy atom. The fraction of sp³-hybridized carbons (Fsp3) is 0.418. The third-order valence-corrected chi connectivity index (χ3v) is 18.7. The van der Waals surface area contributed by atoms with Gasteiger partial charge in [-0.05, 0) is 36.8 Å². The third-order valence-electron chi connectivity index (χ3n) is 12.8. The Hall–Kier alpha value is -5.94. The number of hydrogen-bond acceptors (Lipinski definition) is 26. The van der Waals surface area contributed by atoms with Crippen LogP contribution in [0.1, 0.15) is 71.1 Å². The zero-order valence-corrected chi connectivity index (χ0v) is 61.1. The molecule has 0 aliphatic carbocycles. The summed E-state index contributed by atoms with van der Waals surface area (Å²) >= 11 is 2.52. The van der Waals surface area contributed by atoms with E-state index in [2.05, 4.69) is 55.0 Å². The van der Waals surface area contributed by atoms with Crippen molar-refractivity contribution >= 4 is 77.5 Å². The lowest BCUT2D eigenvalue weighted by Crippen LogP contribution is -2.43. The summed E-state index contributed by atoms with van der Waals surface area (Å²) in [5.41, 5.74) is -3.44. The molecule has 38 nitrogen and oxygen atoms in total. The molecule has 100 heavy (non-hydrogen) atoms. The Bertz CT molecular complexity index is 4330. The molecule has 0 saturated carbocycles. The number of H-pyrrole nitrogens is 2. The Morgan fingerprint density at radius 1 is 0.590 bits per heavy atom. The lowest BCUT2D eigenvalue weighted by Gasteiger charge is -2.22. The number of phosphoric acid groups is 2. The molecule has 6 heterocycles. The summed E-state index contributed by atoms with van der Waals surface area (Å²) in [6, 6.07) is 29.1. The van der Waals surface area contributed by atoms with Gasteiger partial charge in [-0.3, -0.25) is 51.7 Å². The highest BCUT2D eigenvalue weighted by Gasteiger charge is 2.45. The second-order valence-electron chi connectivity index (χ2n) is 22.3. The first-order valence-corrected chi connectivity index (χ1v) is 44.8. The van der Waals surface area contributed by atoms with Crippen LogP contribution in [-0.2, 0) is 91.9 Å². The van der Waals surface area contributed by atoms with Crippen molar-refractivity contribution in [1.82, 2.24) is 28.2 Å². The van der Waals surface area contributed by atoms with Gasteiger partial charge in [0.25, 0.3) is 16.7 Å². The van der Waals surface area contributed by atoms with Crippen molar-refractivity contribution < 1.29 is 123 Å². The molecule has 550 valence electrons. The van der Waals surface area contributed by atoms with Gasteiger partial charge in [-0.2, -0.15) is 4.31 Å². The summed E-state index contributed by atoms with van der Waals surface area (Å²) in [6.07, 6.45) is -9.53. The van der Waals surface area contributed by atoms with E-state index in [1.54, 1.807) is 67.6 Å². The highest BCUT2D eigenvalue weighted by molar-refractivity contribution is 14.1. The molecule has 9 rings (SSSR count). The molecule has 0 spiro atoms. The molecule has 3 saturated heterocycles. The lowest BCUT2D eigenvalue weighted by molar-refractivity contribution is -0.147. The molecule has 3 fully saturated rings. The molecule has 0 radical (unpaired) electrons. The number of hydrogen-bond donors (Lipinski definition) is 9. The largest absolute Gasteiger partial charge is 0.488 e. The predicted molar refractivity (Wildman–Crippen MR) is 358 cm³/mol. The number of halogens is 1. The van der Waals surface area contributed by atoms with Crippen LogP contribution < -0.4 is 33.7 Å². The molecule has 0 amide bonds. The molecule has 6 aromatic rings. The average Bonchev–Trinajstić information content (AvgIpc) is 1.59. The van der Waals surface area contributed by atoms with E-state index >= 15 is 0 Å². The van der Waals surface area contributed by atoms with Crippen molar-refractivity contribution in [3.63, 3.8) is 0 Å². The Kier molecular flexibility index (Phi) is 30.7. The number of aliphatic hydroxyl groups is 1. The molecule has 0 bridgehead atoms. The number of benzene rings is 3. The monoisotopic (exact) mass is 1640 g/mol. The fourth-order valence-corrected chi connectivity index (χ4v) is 13.5. The Balaban J connectivity index is 0.000000233. The van der Waals surface area contributed by atoms with Gasteiger partial charge >= 0.3 is 59.8 Å². The molecule has 3 aromatic heterocycles. The Labute approximate surface area is 579 Å². The minimum Gasteiger partial charge on any atom is -0.454 e. The number of aromatic amines is 2. The van der Waals surface area contributed by atoms with E-state index in [4.69, 9.17) is 71.6 Å². The van der Waals surface area contributed by atoms with E-state index in [0.717, 1.165) is 42.2 Å². The van der Waals surface area contributed by atoms with Crippen LogP contribution in [-0.4, -0.2) is 150 Å². The first-order chi connectivity index (χ1) is 46.7. The number of carbonyl (C=O) groups excluding carboxylic acids is 2. The van der Waals surface area contributed by atoms with Crippen molar-refractivity contribution in [3.8, 4) is 0 Å². The first kappa shape index (κ1) is 83.0. The van der Waals surface area contributed by atoms with Crippen LogP contribution >= 0.6 is 60.0 Å². The lowest BCUT2D eigenvalue weighted by atomic mass is 10.2. The van der Waals surface area contributed by atoms with Gasteiger partial charge in [0.15, 0.2) is 62.5 Å². The van der Waals surface area contributed by atoms with Crippen molar-refractivity contribution in [2.75, 3.05) is 32.3 Å². The van der Waals surface area contributed by atoms with Gasteiger partial charge in [-0.1, -0.05) is 86.4 Å². The minimum atomic E-state index is -5.61. The Morgan fingerprint density at radius 2 is 1.02 bits per heavy atom. The number of aromatic nitrogens is 6. The standard InChI is InChI=1S/C27H31N2O9P.C16H17N2O9P.C9H15N2O14P3.C3H9ISi/c1-3-36-39(2,33)19-35-24-16-22(37-26(31)21-12-8-5-9-13-21)25(38-24)28-15-14-23(30)29(27(28)32)18-34-17-20-10-6-4-7-11-20;19-12-6-7-18(16(21)17-12)14-11(8-13(27-14)25-9-28(22,23)24)26-15(20)10-4-2-1-3-5-10;12-5-3-7(23-8(5)11-2-1-6(13)10-9(11)14)22-4-26(15,16)24-28(20,21)25-27(17,18)19;1-5(2,3)4/h4-15,22,24-25H,3,16-19H2,1-2H3;1-7,11,13-14H,8-9H2,(H,17,19,21)(H2,22,23,24);1-2,5,7-8,12H,3-4H2,(H,15,16)(H,20,21)(H,10,13,14)(H2,17,18,19);1-3H3/t22-,24-,25+,39?;11-,13-,14+;5-,7-,8+;/m000./s1. The van der Waals surface area contributed by atoms with E-state index in [1.165, 1.54) is 25.1 Å². The third kappa shape index (κ3) is 28.0. The van der Waals surface area contributed by atoms with E-state index < -0.39 is 158 Å². The molecular weight excluding hydrogens is 1570 g/mol. The second kappa shape index (κ2) is 37.0. The van der Waals surface area contributed by atoms with Crippen molar-refractivity contribution in [2.24, 2.45) is 0 Å². The van der Waals surface area contributed by atoms with Gasteiger partial charge in [0.05, 0.1) is 24.3 Å². The van der Waals surface area contributed by atoms with Crippen molar-refractivity contribution in [1.29, 1.82) is 0 Å². The molecule has 12 atom stereocenters. The summed E-state index contributed by atoms with van der Waals surface area (Å²) in [4.78, 5) is 154. The molecule has 3 aliphatic rings. The van der Waals surface area contributed by atoms with Crippen LogP contribution in [0.15, 0.2) is 157 Å². The van der Waals surface area contributed by atoms with Gasteiger partial charge < -0.3 is 81.6 Å². The zero-order chi connectivity index (χ0) is 74.0. The number of rotatable bonds is 26. The van der Waals surface area contributed by atoms with Gasteiger partial charge in [0.1, 0.15) is 24.8 Å². The normalized spacial score (nSPS) is 22.4. The number of esters is 2. The summed E-state index contributed by atoms with van der Waals surface area (Å²) < 4.78 is 122. The highest BCUT2D eigenvalue weighted by atomic mass is 127. The minimum absolute atomic E-state index is 0.0610.